The Morgan fingerprint density at radius 2 is 1.87 bits per heavy atom. The SMILES string of the molecule is NC(=O)c1c(F)ccc(OC(CO)c2nc(-c3ccc(C(=O)O)cc3)c(Br)o2)c1F. The zero-order chi connectivity index (χ0) is 22.0. The summed E-state index contributed by atoms with van der Waals surface area (Å²) in [5.41, 5.74) is 4.86. The van der Waals surface area contributed by atoms with Crippen LogP contribution in [0.1, 0.15) is 32.7 Å². The summed E-state index contributed by atoms with van der Waals surface area (Å²) >= 11 is 3.17. The normalized spacial score (nSPS) is 11.9. The fourth-order valence-electron chi connectivity index (χ4n) is 2.57. The lowest BCUT2D eigenvalue weighted by Gasteiger charge is -2.15. The van der Waals surface area contributed by atoms with Gasteiger partial charge >= 0.3 is 5.97 Å². The maximum absolute atomic E-state index is 14.4. The van der Waals surface area contributed by atoms with Gasteiger partial charge in [0.15, 0.2) is 22.3 Å². The minimum atomic E-state index is -1.32. The Morgan fingerprint density at radius 3 is 2.43 bits per heavy atom. The van der Waals surface area contributed by atoms with E-state index < -0.39 is 47.5 Å². The number of nitrogens with zero attached hydrogens (tertiary/aromatic N) is 1. The van der Waals surface area contributed by atoms with Crippen molar-refractivity contribution in [2.45, 2.75) is 6.10 Å². The highest BCUT2D eigenvalue weighted by molar-refractivity contribution is 9.10. The zero-order valence-corrected chi connectivity index (χ0v) is 16.5. The Labute approximate surface area is 176 Å². The van der Waals surface area contributed by atoms with Crippen molar-refractivity contribution < 1.29 is 37.7 Å². The number of aromatic nitrogens is 1. The third-order valence-corrected chi connectivity index (χ3v) is 4.56. The van der Waals surface area contributed by atoms with E-state index in [2.05, 4.69) is 20.9 Å². The molecule has 156 valence electrons. The molecule has 0 radical (unpaired) electrons. The molecule has 0 saturated heterocycles. The standard InChI is InChI=1S/C19H13BrF2N2O6/c20-16-15(8-1-3-9(4-2-8)19(27)28)24-18(30-16)12(7-25)29-11-6-5-10(21)13(14(11)22)17(23)26/h1-6,12,25H,7H2,(H2,23,26)(H,27,28). The maximum Gasteiger partial charge on any atom is 0.335 e. The van der Waals surface area contributed by atoms with Gasteiger partial charge in [-0.1, -0.05) is 12.1 Å². The summed E-state index contributed by atoms with van der Waals surface area (Å²) in [6.07, 6.45) is -1.30. The first-order valence-electron chi connectivity index (χ1n) is 8.28. The van der Waals surface area contributed by atoms with E-state index in [4.69, 9.17) is 20.0 Å². The van der Waals surface area contributed by atoms with Crippen LogP contribution in [-0.4, -0.2) is 33.7 Å². The summed E-state index contributed by atoms with van der Waals surface area (Å²) in [4.78, 5) is 26.4. The highest BCUT2D eigenvalue weighted by Gasteiger charge is 2.26. The van der Waals surface area contributed by atoms with Gasteiger partial charge in [-0.3, -0.25) is 4.79 Å². The Balaban J connectivity index is 1.92. The molecule has 1 amide bonds. The lowest BCUT2D eigenvalue weighted by Crippen LogP contribution is -2.18. The molecule has 30 heavy (non-hydrogen) atoms. The first kappa shape index (κ1) is 21.4. The Kier molecular flexibility index (Phi) is 6.13. The largest absolute Gasteiger partial charge is 0.478 e. The number of halogens is 3. The molecule has 0 saturated carbocycles. The number of oxazole rings is 1. The van der Waals surface area contributed by atoms with Crippen LogP contribution >= 0.6 is 15.9 Å². The molecule has 1 aromatic heterocycles. The molecule has 1 atom stereocenters. The average Bonchev–Trinajstić information content (AvgIpc) is 3.08. The van der Waals surface area contributed by atoms with Gasteiger partial charge in [-0.2, -0.15) is 0 Å². The van der Waals surface area contributed by atoms with Gasteiger partial charge in [0.1, 0.15) is 17.1 Å². The number of carbonyl (C=O) groups is 2. The van der Waals surface area contributed by atoms with E-state index in [1.807, 2.05) is 0 Å². The number of ether oxygens (including phenoxy) is 1. The van der Waals surface area contributed by atoms with E-state index in [-0.39, 0.29) is 21.8 Å². The number of amides is 1. The monoisotopic (exact) mass is 482 g/mol. The molecule has 2 aromatic carbocycles. The lowest BCUT2D eigenvalue weighted by atomic mass is 10.1. The fraction of sp³-hybridized carbons (Fsp3) is 0.105. The summed E-state index contributed by atoms with van der Waals surface area (Å²) in [7, 11) is 0. The van der Waals surface area contributed by atoms with Crippen molar-refractivity contribution in [1.29, 1.82) is 0 Å². The minimum Gasteiger partial charge on any atom is -0.478 e. The second kappa shape index (κ2) is 8.59. The molecule has 1 unspecified atom stereocenters. The first-order chi connectivity index (χ1) is 14.2. The van der Waals surface area contributed by atoms with E-state index in [1.165, 1.54) is 24.3 Å². The lowest BCUT2D eigenvalue weighted by molar-refractivity contribution is 0.0696. The van der Waals surface area contributed by atoms with Crippen LogP contribution in [0.3, 0.4) is 0 Å². The van der Waals surface area contributed by atoms with Crippen molar-refractivity contribution >= 4 is 27.8 Å². The smallest absolute Gasteiger partial charge is 0.335 e. The number of aromatic carboxylic acids is 1. The second-order valence-electron chi connectivity index (χ2n) is 5.94. The number of rotatable bonds is 7. The quantitative estimate of drug-likeness (QED) is 0.469. The third-order valence-electron chi connectivity index (χ3n) is 4.02. The number of nitrogens with two attached hydrogens (primary N) is 1. The van der Waals surface area contributed by atoms with Crippen LogP contribution in [0.2, 0.25) is 0 Å². The molecule has 0 aliphatic rings. The number of hydrogen-bond donors (Lipinski definition) is 3. The van der Waals surface area contributed by atoms with E-state index >= 15 is 0 Å². The van der Waals surface area contributed by atoms with Crippen LogP contribution in [0, 0.1) is 11.6 Å². The fourth-order valence-corrected chi connectivity index (χ4v) is 3.06. The van der Waals surface area contributed by atoms with Crippen molar-refractivity contribution in [1.82, 2.24) is 4.98 Å². The van der Waals surface area contributed by atoms with Gasteiger partial charge in [0.2, 0.25) is 5.89 Å². The highest BCUT2D eigenvalue weighted by Crippen LogP contribution is 2.33. The Morgan fingerprint density at radius 1 is 1.20 bits per heavy atom. The van der Waals surface area contributed by atoms with Crippen LogP contribution in [0.4, 0.5) is 8.78 Å². The molecule has 0 fully saturated rings. The predicted molar refractivity (Wildman–Crippen MR) is 102 cm³/mol. The van der Waals surface area contributed by atoms with Crippen LogP contribution in [0.15, 0.2) is 45.5 Å². The van der Waals surface area contributed by atoms with Gasteiger partial charge in [0.05, 0.1) is 12.2 Å². The molecule has 3 aromatic rings. The molecule has 0 aliphatic carbocycles. The number of aliphatic hydroxyl groups is 1. The molecule has 4 N–H and O–H groups in total. The number of carboxylic acid groups (broad SMARTS) is 1. The van der Waals surface area contributed by atoms with Crippen molar-refractivity contribution in [3.8, 4) is 17.0 Å². The van der Waals surface area contributed by atoms with Crippen molar-refractivity contribution in [3.63, 3.8) is 0 Å². The topological polar surface area (TPSA) is 136 Å². The van der Waals surface area contributed by atoms with Gasteiger partial charge in [-0.25, -0.2) is 18.6 Å². The predicted octanol–water partition coefficient (Wildman–Crippen LogP) is 3.29. The Hall–Kier alpha value is -3.31. The van der Waals surface area contributed by atoms with E-state index in [1.54, 1.807) is 0 Å². The molecular weight excluding hydrogens is 470 g/mol. The molecule has 3 rings (SSSR count). The van der Waals surface area contributed by atoms with Gasteiger partial charge < -0.3 is 25.1 Å². The molecular formula is C19H13BrF2N2O6. The van der Waals surface area contributed by atoms with Gasteiger partial charge in [0.25, 0.3) is 5.91 Å². The van der Waals surface area contributed by atoms with E-state index in [9.17, 15) is 23.5 Å². The molecule has 11 heteroatoms. The van der Waals surface area contributed by atoms with Crippen molar-refractivity contribution in [2.75, 3.05) is 6.61 Å². The number of benzene rings is 2. The van der Waals surface area contributed by atoms with Crippen LogP contribution < -0.4 is 10.5 Å². The second-order valence-corrected chi connectivity index (χ2v) is 6.66. The number of carbonyl (C=O) groups excluding carboxylic acids is 1. The molecule has 1 heterocycles. The highest BCUT2D eigenvalue weighted by atomic mass is 79.9. The number of primary amides is 1. The zero-order valence-electron chi connectivity index (χ0n) is 14.9. The van der Waals surface area contributed by atoms with Crippen LogP contribution in [0.25, 0.3) is 11.3 Å². The Bertz CT molecular complexity index is 1120. The molecule has 0 bridgehead atoms. The average molecular weight is 483 g/mol. The van der Waals surface area contributed by atoms with Gasteiger partial charge in [-0.15, -0.1) is 0 Å². The minimum absolute atomic E-state index is 0.0761. The van der Waals surface area contributed by atoms with E-state index in [0.29, 0.717) is 5.56 Å². The van der Waals surface area contributed by atoms with Gasteiger partial charge in [-0.05, 0) is 40.2 Å². The number of hydrogen-bond acceptors (Lipinski definition) is 6. The summed E-state index contributed by atoms with van der Waals surface area (Å²) in [5.74, 6) is -5.57. The van der Waals surface area contributed by atoms with Crippen LogP contribution in [0.5, 0.6) is 5.75 Å². The van der Waals surface area contributed by atoms with Crippen LogP contribution in [-0.2, 0) is 0 Å². The molecule has 8 nitrogen and oxygen atoms in total. The van der Waals surface area contributed by atoms with E-state index in [0.717, 1.165) is 12.1 Å². The molecule has 0 aliphatic heterocycles. The summed E-state index contributed by atoms with van der Waals surface area (Å²) in [6, 6.07) is 7.49. The van der Waals surface area contributed by atoms with Crippen molar-refractivity contribution in [3.05, 3.63) is 69.7 Å². The maximum atomic E-state index is 14.4. The molecule has 0 spiro atoms. The number of aliphatic hydroxyl groups excluding tert-OH is 1. The summed E-state index contributed by atoms with van der Waals surface area (Å²) in [5, 5.41) is 18.6. The summed E-state index contributed by atoms with van der Waals surface area (Å²) in [6.45, 7) is -0.687. The van der Waals surface area contributed by atoms with Crippen molar-refractivity contribution in [2.24, 2.45) is 5.73 Å². The third kappa shape index (κ3) is 4.16. The number of carboxylic acids is 1. The first-order valence-corrected chi connectivity index (χ1v) is 9.07. The van der Waals surface area contributed by atoms with Gasteiger partial charge in [0, 0.05) is 5.56 Å². The summed E-state index contributed by atoms with van der Waals surface area (Å²) < 4.78 is 38.9.